The molecule has 1 amide bonds. The summed E-state index contributed by atoms with van der Waals surface area (Å²) in [6, 6.07) is 13.0. The molecule has 0 saturated heterocycles. The highest BCUT2D eigenvalue weighted by molar-refractivity contribution is 5.79. The maximum absolute atomic E-state index is 13.5. The first-order valence-electron chi connectivity index (χ1n) is 12.2. The van der Waals surface area contributed by atoms with Gasteiger partial charge in [0.1, 0.15) is 11.6 Å². The summed E-state index contributed by atoms with van der Waals surface area (Å²) in [4.78, 5) is 33.8. The fraction of sp³-hybridized carbons (Fsp3) is 0.321. The Bertz CT molecular complexity index is 1440. The van der Waals surface area contributed by atoms with Gasteiger partial charge in [0, 0.05) is 12.5 Å². The number of carbonyl (C=O) groups is 1. The molecule has 4 aromatic rings. The van der Waals surface area contributed by atoms with Gasteiger partial charge in [-0.05, 0) is 42.7 Å². The number of benzene rings is 2. The van der Waals surface area contributed by atoms with Crippen molar-refractivity contribution in [3.63, 3.8) is 0 Å². The number of imidazole rings is 1. The van der Waals surface area contributed by atoms with Gasteiger partial charge in [-0.15, -0.1) is 0 Å². The van der Waals surface area contributed by atoms with Gasteiger partial charge in [-0.2, -0.15) is 0 Å². The molecule has 0 radical (unpaired) electrons. The number of aromatic hydroxyl groups is 2. The zero-order valence-electron chi connectivity index (χ0n) is 21.2. The Morgan fingerprint density at radius 2 is 1.95 bits per heavy atom. The Morgan fingerprint density at radius 3 is 2.65 bits per heavy atom. The normalized spacial score (nSPS) is 13.7. The van der Waals surface area contributed by atoms with Crippen LogP contribution in [0.4, 0.5) is 0 Å². The number of phenols is 1. The van der Waals surface area contributed by atoms with Crippen molar-refractivity contribution >= 4 is 16.9 Å². The minimum Gasteiger partial charge on any atom is -0.504 e. The lowest BCUT2D eigenvalue weighted by Gasteiger charge is -2.24. The maximum Gasteiger partial charge on any atom is 0.227 e. The second-order valence-corrected chi connectivity index (χ2v) is 9.19. The van der Waals surface area contributed by atoms with Gasteiger partial charge in [0.15, 0.2) is 17.3 Å². The van der Waals surface area contributed by atoms with Gasteiger partial charge in [0.05, 0.1) is 30.1 Å². The fourth-order valence-corrected chi connectivity index (χ4v) is 4.39. The highest BCUT2D eigenvalue weighted by atomic mass is 16.5. The smallest absolute Gasteiger partial charge is 0.227 e. The van der Waals surface area contributed by atoms with E-state index in [0.29, 0.717) is 17.1 Å². The Labute approximate surface area is 214 Å². The van der Waals surface area contributed by atoms with Gasteiger partial charge in [0.2, 0.25) is 17.1 Å². The molecule has 0 bridgehead atoms. The van der Waals surface area contributed by atoms with Crippen molar-refractivity contribution in [2.24, 2.45) is 5.92 Å². The molecular weight excluding hydrogens is 474 g/mol. The number of hydrogen-bond donors (Lipinski definition) is 4. The van der Waals surface area contributed by atoms with Crippen molar-refractivity contribution in [2.75, 3.05) is 7.11 Å². The fourth-order valence-electron chi connectivity index (χ4n) is 4.39. The second-order valence-electron chi connectivity index (χ2n) is 9.19. The standard InChI is InChI=1S/C28H31N3O6/c1-5-15(2)25(28-29-19-8-6-7-9-20(19)30-28)31-24(34)14-18(17-10-11-21(32)23(13-17)36-4)27-26(35)22(33)12-16(3)37-27/h6-13,15,18,25,32,35H,5,14H2,1-4H3,(H,29,30)(H,31,34). The van der Waals surface area contributed by atoms with Crippen molar-refractivity contribution in [1.29, 1.82) is 0 Å². The number of aromatic amines is 1. The molecule has 2 aromatic heterocycles. The van der Waals surface area contributed by atoms with E-state index >= 15 is 0 Å². The van der Waals surface area contributed by atoms with Crippen molar-refractivity contribution in [3.05, 3.63) is 81.7 Å². The Morgan fingerprint density at radius 1 is 1.19 bits per heavy atom. The van der Waals surface area contributed by atoms with Crippen LogP contribution in [0.5, 0.6) is 17.2 Å². The van der Waals surface area contributed by atoms with E-state index in [9.17, 15) is 19.8 Å². The minimum absolute atomic E-state index is 0.0308. The zero-order valence-corrected chi connectivity index (χ0v) is 21.2. The summed E-state index contributed by atoms with van der Waals surface area (Å²) in [6.07, 6.45) is 0.662. The molecule has 0 spiro atoms. The van der Waals surface area contributed by atoms with Crippen molar-refractivity contribution in [2.45, 2.75) is 45.6 Å². The molecule has 3 atom stereocenters. The van der Waals surface area contributed by atoms with Crippen LogP contribution >= 0.6 is 0 Å². The number of nitrogens with one attached hydrogen (secondary N) is 2. The average Bonchev–Trinajstić information content (AvgIpc) is 3.32. The number of carbonyl (C=O) groups excluding carboxylic acids is 1. The molecule has 0 aliphatic heterocycles. The van der Waals surface area contributed by atoms with E-state index in [1.54, 1.807) is 19.1 Å². The van der Waals surface area contributed by atoms with E-state index in [1.165, 1.54) is 19.2 Å². The molecule has 9 heteroatoms. The maximum atomic E-state index is 13.5. The summed E-state index contributed by atoms with van der Waals surface area (Å²) < 4.78 is 11.0. The predicted molar refractivity (Wildman–Crippen MR) is 139 cm³/mol. The lowest BCUT2D eigenvalue weighted by Crippen LogP contribution is -2.34. The highest BCUT2D eigenvalue weighted by Gasteiger charge is 2.29. The van der Waals surface area contributed by atoms with Crippen LogP contribution in [0.2, 0.25) is 0 Å². The molecular formula is C28H31N3O6. The van der Waals surface area contributed by atoms with Crippen LogP contribution in [-0.4, -0.2) is 33.2 Å². The Balaban J connectivity index is 1.70. The minimum atomic E-state index is -0.824. The highest BCUT2D eigenvalue weighted by Crippen LogP contribution is 2.37. The van der Waals surface area contributed by atoms with Gasteiger partial charge in [-0.3, -0.25) is 9.59 Å². The molecule has 0 aliphatic carbocycles. The monoisotopic (exact) mass is 505 g/mol. The van der Waals surface area contributed by atoms with E-state index in [2.05, 4.69) is 15.3 Å². The molecule has 37 heavy (non-hydrogen) atoms. The van der Waals surface area contributed by atoms with E-state index in [1.807, 2.05) is 38.1 Å². The molecule has 0 fully saturated rings. The summed E-state index contributed by atoms with van der Waals surface area (Å²) in [6.45, 7) is 5.67. The van der Waals surface area contributed by atoms with Crippen molar-refractivity contribution < 1.29 is 24.2 Å². The molecule has 4 rings (SSSR count). The van der Waals surface area contributed by atoms with Crippen LogP contribution in [0.1, 0.15) is 61.6 Å². The van der Waals surface area contributed by atoms with Gasteiger partial charge < -0.3 is 29.7 Å². The number of H-pyrrole nitrogens is 1. The third-order valence-corrected chi connectivity index (χ3v) is 6.62. The molecule has 3 unspecified atom stereocenters. The number of ether oxygens (including phenoxy) is 1. The topological polar surface area (TPSA) is 138 Å². The lowest BCUT2D eigenvalue weighted by atomic mass is 9.90. The number of methoxy groups -OCH3 is 1. The number of para-hydroxylation sites is 2. The molecule has 0 saturated carbocycles. The largest absolute Gasteiger partial charge is 0.504 e. The SMILES string of the molecule is CCC(C)C(NC(=O)CC(c1ccc(O)c(OC)c1)c1oc(C)cc(=O)c1O)c1nc2ccccc2[nH]1. The van der Waals surface area contributed by atoms with E-state index in [-0.39, 0.29) is 35.5 Å². The van der Waals surface area contributed by atoms with Gasteiger partial charge >= 0.3 is 0 Å². The van der Waals surface area contributed by atoms with Crippen LogP contribution in [-0.2, 0) is 4.79 Å². The molecule has 2 aromatic carbocycles. The quantitative estimate of drug-likeness (QED) is 0.259. The summed E-state index contributed by atoms with van der Waals surface area (Å²) >= 11 is 0. The number of phenolic OH excluding ortho intramolecular Hbond substituents is 1. The van der Waals surface area contributed by atoms with Crippen LogP contribution in [0.25, 0.3) is 11.0 Å². The van der Waals surface area contributed by atoms with Crippen LogP contribution in [0, 0.1) is 12.8 Å². The Kier molecular flexibility index (Phi) is 7.52. The lowest BCUT2D eigenvalue weighted by molar-refractivity contribution is -0.122. The van der Waals surface area contributed by atoms with Gasteiger partial charge in [-0.1, -0.05) is 38.5 Å². The predicted octanol–water partition coefficient (Wildman–Crippen LogP) is 4.67. The van der Waals surface area contributed by atoms with Crippen molar-refractivity contribution in [3.8, 4) is 17.2 Å². The summed E-state index contributed by atoms with van der Waals surface area (Å²) in [5.41, 5.74) is 1.61. The summed E-state index contributed by atoms with van der Waals surface area (Å²) in [5, 5.41) is 23.7. The van der Waals surface area contributed by atoms with E-state index in [4.69, 9.17) is 9.15 Å². The summed E-state index contributed by atoms with van der Waals surface area (Å²) in [7, 11) is 1.41. The average molecular weight is 506 g/mol. The molecule has 9 nitrogen and oxygen atoms in total. The number of aryl methyl sites for hydroxylation is 1. The van der Waals surface area contributed by atoms with Gasteiger partial charge in [-0.25, -0.2) is 4.98 Å². The van der Waals surface area contributed by atoms with Crippen molar-refractivity contribution in [1.82, 2.24) is 15.3 Å². The molecule has 0 aliphatic rings. The third kappa shape index (κ3) is 5.45. The number of aromatic nitrogens is 2. The first-order valence-corrected chi connectivity index (χ1v) is 12.2. The number of amides is 1. The first kappa shape index (κ1) is 25.8. The van der Waals surface area contributed by atoms with Gasteiger partial charge in [0.25, 0.3) is 0 Å². The molecule has 194 valence electrons. The number of rotatable bonds is 9. The Hall–Kier alpha value is -4.27. The number of nitrogens with zero attached hydrogens (tertiary/aromatic N) is 1. The number of hydrogen-bond acceptors (Lipinski definition) is 7. The van der Waals surface area contributed by atoms with Crippen LogP contribution in [0.3, 0.4) is 0 Å². The third-order valence-electron chi connectivity index (χ3n) is 6.62. The zero-order chi connectivity index (χ0) is 26.7. The number of fused-ring (bicyclic) bond motifs is 1. The molecule has 4 N–H and O–H groups in total. The van der Waals surface area contributed by atoms with Crippen LogP contribution < -0.4 is 15.5 Å². The first-order chi connectivity index (χ1) is 17.7. The van der Waals surface area contributed by atoms with E-state index < -0.39 is 23.1 Å². The summed E-state index contributed by atoms with van der Waals surface area (Å²) in [5.74, 6) is -0.611. The van der Waals surface area contributed by atoms with E-state index in [0.717, 1.165) is 17.5 Å². The molecule has 2 heterocycles. The second kappa shape index (κ2) is 10.8. The van der Waals surface area contributed by atoms with Crippen LogP contribution in [0.15, 0.2) is 57.7 Å².